The lowest BCUT2D eigenvalue weighted by molar-refractivity contribution is -0.121. The topological polar surface area (TPSA) is 67.9 Å². The van der Waals surface area contributed by atoms with E-state index in [0.29, 0.717) is 18.7 Å². The quantitative estimate of drug-likeness (QED) is 0.693. The van der Waals surface area contributed by atoms with Gasteiger partial charge < -0.3 is 14.8 Å². The number of hydrogen-bond donors (Lipinski definition) is 1. The molecule has 1 amide bonds. The Hall–Kier alpha value is -1.92. The van der Waals surface area contributed by atoms with E-state index in [1.165, 1.54) is 0 Å². The van der Waals surface area contributed by atoms with Crippen molar-refractivity contribution in [1.29, 1.82) is 0 Å². The molecule has 1 aromatic rings. The van der Waals surface area contributed by atoms with Gasteiger partial charge in [0.1, 0.15) is 5.75 Å². The van der Waals surface area contributed by atoms with Crippen molar-refractivity contribution in [1.82, 2.24) is 10.2 Å². The highest BCUT2D eigenvalue weighted by Gasteiger charge is 2.12. The van der Waals surface area contributed by atoms with E-state index in [0.717, 1.165) is 38.6 Å². The van der Waals surface area contributed by atoms with Gasteiger partial charge >= 0.3 is 0 Å². The van der Waals surface area contributed by atoms with Gasteiger partial charge in [-0.15, -0.1) is 0 Å². The number of nitrogens with zero attached hydrogens (tertiary/aromatic N) is 1. The van der Waals surface area contributed by atoms with Crippen LogP contribution in [0.2, 0.25) is 0 Å². The molecular weight excluding hydrogens is 308 g/mol. The van der Waals surface area contributed by atoms with Crippen molar-refractivity contribution in [3.05, 3.63) is 29.8 Å². The van der Waals surface area contributed by atoms with Gasteiger partial charge in [-0.25, -0.2) is 0 Å². The number of rotatable bonds is 9. The second-order valence-corrected chi connectivity index (χ2v) is 5.68. The van der Waals surface area contributed by atoms with E-state index < -0.39 is 0 Å². The number of ether oxygens (including phenoxy) is 2. The Morgan fingerprint density at radius 1 is 1.17 bits per heavy atom. The lowest BCUT2D eigenvalue weighted by Gasteiger charge is -2.26. The molecule has 0 bridgehead atoms. The van der Waals surface area contributed by atoms with Crippen LogP contribution in [0.4, 0.5) is 0 Å². The monoisotopic (exact) mass is 334 g/mol. The number of carbonyl (C=O) groups excluding carboxylic acids is 2. The maximum absolute atomic E-state index is 12.1. The van der Waals surface area contributed by atoms with Crippen LogP contribution in [0.1, 0.15) is 30.1 Å². The molecule has 1 heterocycles. The van der Waals surface area contributed by atoms with E-state index in [-0.39, 0.29) is 24.5 Å². The molecule has 1 aromatic carbocycles. The standard InChI is InChI=1S/C18H26N2O4/c1-2-24-16-5-3-15(4-6-16)17(21)7-8-18(22)19-9-10-20-11-13-23-14-12-20/h3-6H,2,7-14H2,1H3,(H,19,22). The highest BCUT2D eigenvalue weighted by Crippen LogP contribution is 2.14. The number of amides is 1. The molecule has 1 aliphatic rings. The van der Waals surface area contributed by atoms with Crippen molar-refractivity contribution in [3.63, 3.8) is 0 Å². The SMILES string of the molecule is CCOc1ccc(C(=O)CCC(=O)NCCN2CCOCC2)cc1. The van der Waals surface area contributed by atoms with Crippen LogP contribution in [0.3, 0.4) is 0 Å². The third kappa shape index (κ3) is 6.29. The van der Waals surface area contributed by atoms with Crippen molar-refractivity contribution < 1.29 is 19.1 Å². The predicted molar refractivity (Wildman–Crippen MR) is 91.4 cm³/mol. The first kappa shape index (κ1) is 18.4. The minimum absolute atomic E-state index is 0.0265. The predicted octanol–water partition coefficient (Wildman–Crippen LogP) is 1.50. The summed E-state index contributed by atoms with van der Waals surface area (Å²) >= 11 is 0. The van der Waals surface area contributed by atoms with Crippen molar-refractivity contribution in [3.8, 4) is 5.75 Å². The summed E-state index contributed by atoms with van der Waals surface area (Å²) in [6.07, 6.45) is 0.437. The molecular formula is C18H26N2O4. The van der Waals surface area contributed by atoms with Crippen LogP contribution in [-0.4, -0.2) is 62.6 Å². The van der Waals surface area contributed by atoms with Gasteiger partial charge in [0.2, 0.25) is 5.91 Å². The molecule has 1 fully saturated rings. The molecule has 1 aliphatic heterocycles. The molecule has 0 aromatic heterocycles. The fraction of sp³-hybridized carbons (Fsp3) is 0.556. The van der Waals surface area contributed by atoms with Gasteiger partial charge in [0.15, 0.2) is 5.78 Å². The Morgan fingerprint density at radius 3 is 2.54 bits per heavy atom. The summed E-state index contributed by atoms with van der Waals surface area (Å²) < 4.78 is 10.6. The number of Topliss-reactive ketones (excluding diaryl/α,β-unsaturated/α-hetero) is 1. The summed E-state index contributed by atoms with van der Waals surface area (Å²) in [6, 6.07) is 7.03. The highest BCUT2D eigenvalue weighted by molar-refractivity contribution is 5.98. The number of carbonyl (C=O) groups is 2. The Balaban J connectivity index is 1.64. The fourth-order valence-corrected chi connectivity index (χ4v) is 2.54. The molecule has 1 N–H and O–H groups in total. The smallest absolute Gasteiger partial charge is 0.220 e. The van der Waals surface area contributed by atoms with Gasteiger partial charge in [-0.1, -0.05) is 0 Å². The first-order valence-corrected chi connectivity index (χ1v) is 8.52. The summed E-state index contributed by atoms with van der Waals surface area (Å²) in [5.41, 5.74) is 0.611. The summed E-state index contributed by atoms with van der Waals surface area (Å²) in [7, 11) is 0. The summed E-state index contributed by atoms with van der Waals surface area (Å²) in [6.45, 7) is 7.26. The Kier molecular flexibility index (Phi) is 7.71. The third-order valence-electron chi connectivity index (χ3n) is 3.92. The van der Waals surface area contributed by atoms with E-state index >= 15 is 0 Å². The van der Waals surface area contributed by atoms with Gasteiger partial charge in [-0.3, -0.25) is 14.5 Å². The van der Waals surface area contributed by atoms with Crippen LogP contribution in [0, 0.1) is 0 Å². The van der Waals surface area contributed by atoms with Crippen LogP contribution in [0.25, 0.3) is 0 Å². The first-order valence-electron chi connectivity index (χ1n) is 8.52. The van der Waals surface area contributed by atoms with Crippen LogP contribution in [-0.2, 0) is 9.53 Å². The molecule has 6 nitrogen and oxygen atoms in total. The zero-order chi connectivity index (χ0) is 17.2. The number of hydrogen-bond acceptors (Lipinski definition) is 5. The van der Waals surface area contributed by atoms with Crippen molar-refractivity contribution in [2.75, 3.05) is 46.0 Å². The molecule has 0 aliphatic carbocycles. The molecule has 0 saturated carbocycles. The van der Waals surface area contributed by atoms with Gasteiger partial charge in [0.25, 0.3) is 0 Å². The lowest BCUT2D eigenvalue weighted by Crippen LogP contribution is -2.41. The summed E-state index contributed by atoms with van der Waals surface area (Å²) in [5, 5.41) is 2.87. The zero-order valence-corrected chi connectivity index (χ0v) is 14.3. The van der Waals surface area contributed by atoms with E-state index in [2.05, 4.69) is 10.2 Å². The molecule has 1 saturated heterocycles. The average Bonchev–Trinajstić information content (AvgIpc) is 2.61. The van der Waals surface area contributed by atoms with E-state index in [1.807, 2.05) is 6.92 Å². The third-order valence-corrected chi connectivity index (χ3v) is 3.92. The number of morpholine rings is 1. The molecule has 24 heavy (non-hydrogen) atoms. The molecule has 0 spiro atoms. The minimum atomic E-state index is -0.0810. The number of benzene rings is 1. The second-order valence-electron chi connectivity index (χ2n) is 5.68. The molecule has 0 unspecified atom stereocenters. The van der Waals surface area contributed by atoms with Crippen LogP contribution in [0.15, 0.2) is 24.3 Å². The van der Waals surface area contributed by atoms with Crippen LogP contribution >= 0.6 is 0 Å². The molecule has 132 valence electrons. The van der Waals surface area contributed by atoms with Crippen molar-refractivity contribution >= 4 is 11.7 Å². The second kappa shape index (κ2) is 10.1. The highest BCUT2D eigenvalue weighted by atomic mass is 16.5. The Labute approximate surface area is 143 Å². The molecule has 0 radical (unpaired) electrons. The molecule has 6 heteroatoms. The number of ketones is 1. The largest absolute Gasteiger partial charge is 0.494 e. The lowest BCUT2D eigenvalue weighted by atomic mass is 10.1. The van der Waals surface area contributed by atoms with Gasteiger partial charge in [0.05, 0.1) is 19.8 Å². The number of nitrogens with one attached hydrogen (secondary N) is 1. The first-order chi connectivity index (χ1) is 11.7. The Morgan fingerprint density at radius 2 is 1.88 bits per heavy atom. The Bertz CT molecular complexity index is 524. The minimum Gasteiger partial charge on any atom is -0.494 e. The molecule has 2 rings (SSSR count). The summed E-state index contributed by atoms with van der Waals surface area (Å²) in [5.74, 6) is 0.638. The van der Waals surface area contributed by atoms with E-state index in [9.17, 15) is 9.59 Å². The molecule has 0 atom stereocenters. The normalized spacial score (nSPS) is 15.0. The van der Waals surface area contributed by atoms with E-state index in [4.69, 9.17) is 9.47 Å². The fourth-order valence-electron chi connectivity index (χ4n) is 2.54. The van der Waals surface area contributed by atoms with E-state index in [1.54, 1.807) is 24.3 Å². The van der Waals surface area contributed by atoms with Gasteiger partial charge in [-0.2, -0.15) is 0 Å². The van der Waals surface area contributed by atoms with Crippen LogP contribution in [0.5, 0.6) is 5.75 Å². The zero-order valence-electron chi connectivity index (χ0n) is 14.3. The maximum atomic E-state index is 12.1. The van der Waals surface area contributed by atoms with Crippen molar-refractivity contribution in [2.45, 2.75) is 19.8 Å². The van der Waals surface area contributed by atoms with Crippen LogP contribution < -0.4 is 10.1 Å². The maximum Gasteiger partial charge on any atom is 0.220 e. The summed E-state index contributed by atoms with van der Waals surface area (Å²) in [4.78, 5) is 26.2. The van der Waals surface area contributed by atoms with Gasteiger partial charge in [-0.05, 0) is 31.2 Å². The average molecular weight is 334 g/mol. The van der Waals surface area contributed by atoms with Crippen molar-refractivity contribution in [2.24, 2.45) is 0 Å². The van der Waals surface area contributed by atoms with Gasteiger partial charge in [0, 0.05) is 44.6 Å².